The molecule has 0 aliphatic carbocycles. The summed E-state index contributed by atoms with van der Waals surface area (Å²) in [6.45, 7) is 5.78. The maximum Gasteiger partial charge on any atom is 0.165 e. The number of benzene rings is 1. The molecule has 5 heteroatoms. The van der Waals surface area contributed by atoms with Crippen molar-refractivity contribution in [1.82, 2.24) is 9.97 Å². The van der Waals surface area contributed by atoms with Crippen LogP contribution in [-0.4, -0.2) is 15.1 Å². The number of halogens is 1. The quantitative estimate of drug-likeness (QED) is 0.898. The molecule has 0 aliphatic heterocycles. The standard InChI is InChI=1S/C15H18FN3O/c1-4-11-8-17-10(3)19-15(11)18-9(2)12-5-6-14(20)13(16)7-12/h5-9,20H,4H2,1-3H3,(H,17,18,19). The number of aryl methyl sites for hydroxylation is 2. The number of nitrogens with one attached hydrogen (secondary N) is 1. The van der Waals surface area contributed by atoms with Crippen molar-refractivity contribution in [2.45, 2.75) is 33.2 Å². The average Bonchev–Trinajstić information content (AvgIpc) is 2.42. The third-order valence-electron chi connectivity index (χ3n) is 3.19. The van der Waals surface area contributed by atoms with Gasteiger partial charge in [0, 0.05) is 11.8 Å². The van der Waals surface area contributed by atoms with Gasteiger partial charge in [0.15, 0.2) is 11.6 Å². The molecule has 1 heterocycles. The predicted molar refractivity (Wildman–Crippen MR) is 76.2 cm³/mol. The highest BCUT2D eigenvalue weighted by atomic mass is 19.1. The fourth-order valence-corrected chi connectivity index (χ4v) is 1.96. The van der Waals surface area contributed by atoms with E-state index in [1.165, 1.54) is 12.1 Å². The number of anilines is 1. The van der Waals surface area contributed by atoms with Crippen LogP contribution in [0.5, 0.6) is 5.75 Å². The molecular weight excluding hydrogens is 257 g/mol. The van der Waals surface area contributed by atoms with Gasteiger partial charge in [0.1, 0.15) is 11.6 Å². The molecule has 0 amide bonds. The number of aromatic hydroxyl groups is 1. The summed E-state index contributed by atoms with van der Waals surface area (Å²) in [4.78, 5) is 8.56. The molecular formula is C15H18FN3O. The number of hydrogen-bond donors (Lipinski definition) is 2. The van der Waals surface area contributed by atoms with Crippen molar-refractivity contribution in [2.24, 2.45) is 0 Å². The van der Waals surface area contributed by atoms with E-state index in [9.17, 15) is 9.50 Å². The summed E-state index contributed by atoms with van der Waals surface area (Å²) in [5.74, 6) is 0.494. The first-order valence-corrected chi connectivity index (χ1v) is 6.58. The molecule has 1 aromatic carbocycles. The van der Waals surface area contributed by atoms with Crippen LogP contribution in [0.15, 0.2) is 24.4 Å². The topological polar surface area (TPSA) is 58.0 Å². The van der Waals surface area contributed by atoms with Gasteiger partial charge in [-0.05, 0) is 38.0 Å². The van der Waals surface area contributed by atoms with Crippen molar-refractivity contribution in [3.05, 3.63) is 47.2 Å². The first-order valence-electron chi connectivity index (χ1n) is 6.58. The highest BCUT2D eigenvalue weighted by Gasteiger charge is 2.12. The first-order chi connectivity index (χ1) is 9.51. The van der Waals surface area contributed by atoms with Crippen LogP contribution in [-0.2, 0) is 6.42 Å². The molecule has 0 radical (unpaired) electrons. The molecule has 4 nitrogen and oxygen atoms in total. The Morgan fingerprint density at radius 3 is 2.80 bits per heavy atom. The Hall–Kier alpha value is -2.17. The number of aromatic nitrogens is 2. The maximum atomic E-state index is 13.4. The molecule has 1 unspecified atom stereocenters. The lowest BCUT2D eigenvalue weighted by atomic mass is 10.1. The van der Waals surface area contributed by atoms with E-state index >= 15 is 0 Å². The van der Waals surface area contributed by atoms with Crippen LogP contribution in [0.3, 0.4) is 0 Å². The lowest BCUT2D eigenvalue weighted by Gasteiger charge is -2.17. The van der Waals surface area contributed by atoms with Crippen LogP contribution in [0, 0.1) is 12.7 Å². The molecule has 2 aromatic rings. The Kier molecular flexibility index (Phi) is 4.17. The van der Waals surface area contributed by atoms with Gasteiger partial charge in [-0.25, -0.2) is 14.4 Å². The van der Waals surface area contributed by atoms with Crippen LogP contribution < -0.4 is 5.32 Å². The fourth-order valence-electron chi connectivity index (χ4n) is 1.96. The zero-order valence-corrected chi connectivity index (χ0v) is 11.8. The molecule has 0 aliphatic rings. The molecule has 1 atom stereocenters. The van der Waals surface area contributed by atoms with E-state index < -0.39 is 5.82 Å². The Labute approximate surface area is 117 Å². The number of phenols is 1. The summed E-state index contributed by atoms with van der Waals surface area (Å²) < 4.78 is 13.4. The molecule has 0 saturated heterocycles. The Morgan fingerprint density at radius 1 is 1.40 bits per heavy atom. The SMILES string of the molecule is CCc1cnc(C)nc1NC(C)c1ccc(O)c(F)c1. The lowest BCUT2D eigenvalue weighted by Crippen LogP contribution is -2.11. The van der Waals surface area contributed by atoms with Gasteiger partial charge in [-0.15, -0.1) is 0 Å². The van der Waals surface area contributed by atoms with Crippen molar-refractivity contribution >= 4 is 5.82 Å². The molecule has 0 fully saturated rings. The molecule has 2 rings (SSSR count). The van der Waals surface area contributed by atoms with Crippen molar-refractivity contribution < 1.29 is 9.50 Å². The molecule has 2 N–H and O–H groups in total. The molecule has 0 bridgehead atoms. The third kappa shape index (κ3) is 3.04. The second kappa shape index (κ2) is 5.86. The van der Waals surface area contributed by atoms with Crippen LogP contribution >= 0.6 is 0 Å². The smallest absolute Gasteiger partial charge is 0.165 e. The summed E-state index contributed by atoms with van der Waals surface area (Å²) in [5.41, 5.74) is 1.76. The van der Waals surface area contributed by atoms with Crippen LogP contribution in [0.2, 0.25) is 0 Å². The van der Waals surface area contributed by atoms with E-state index in [1.807, 2.05) is 20.8 Å². The second-order valence-corrected chi connectivity index (χ2v) is 4.72. The Morgan fingerprint density at radius 2 is 2.15 bits per heavy atom. The summed E-state index contributed by atoms with van der Waals surface area (Å²) in [5, 5.41) is 12.5. The van der Waals surface area contributed by atoms with Crippen molar-refractivity contribution in [3.63, 3.8) is 0 Å². The van der Waals surface area contributed by atoms with Gasteiger partial charge in [-0.3, -0.25) is 0 Å². The van der Waals surface area contributed by atoms with Gasteiger partial charge in [0.2, 0.25) is 0 Å². The highest BCUT2D eigenvalue weighted by Crippen LogP contribution is 2.24. The maximum absolute atomic E-state index is 13.4. The summed E-state index contributed by atoms with van der Waals surface area (Å²) >= 11 is 0. The number of rotatable bonds is 4. The summed E-state index contributed by atoms with van der Waals surface area (Å²) in [6, 6.07) is 4.25. The lowest BCUT2D eigenvalue weighted by molar-refractivity contribution is 0.431. The molecule has 0 saturated carbocycles. The van der Waals surface area contributed by atoms with E-state index in [4.69, 9.17) is 0 Å². The third-order valence-corrected chi connectivity index (χ3v) is 3.19. The first kappa shape index (κ1) is 14.2. The van der Waals surface area contributed by atoms with E-state index in [0.717, 1.165) is 23.4 Å². The fraction of sp³-hybridized carbons (Fsp3) is 0.333. The van der Waals surface area contributed by atoms with Crippen LogP contribution in [0.1, 0.15) is 36.8 Å². The molecule has 106 valence electrons. The van der Waals surface area contributed by atoms with Crippen molar-refractivity contribution in [2.75, 3.05) is 5.32 Å². The van der Waals surface area contributed by atoms with Gasteiger partial charge in [0.25, 0.3) is 0 Å². The second-order valence-electron chi connectivity index (χ2n) is 4.72. The van der Waals surface area contributed by atoms with Gasteiger partial charge < -0.3 is 10.4 Å². The van der Waals surface area contributed by atoms with Gasteiger partial charge in [-0.2, -0.15) is 0 Å². The molecule has 20 heavy (non-hydrogen) atoms. The van der Waals surface area contributed by atoms with Gasteiger partial charge in [-0.1, -0.05) is 13.0 Å². The Balaban J connectivity index is 2.24. The minimum Gasteiger partial charge on any atom is -0.505 e. The monoisotopic (exact) mass is 275 g/mol. The van der Waals surface area contributed by atoms with Gasteiger partial charge in [0.05, 0.1) is 6.04 Å². The molecule has 0 spiro atoms. The Bertz CT molecular complexity index is 616. The number of nitrogens with zero attached hydrogens (tertiary/aromatic N) is 2. The minimum absolute atomic E-state index is 0.121. The highest BCUT2D eigenvalue weighted by molar-refractivity contribution is 5.45. The largest absolute Gasteiger partial charge is 0.505 e. The summed E-state index contributed by atoms with van der Waals surface area (Å²) in [7, 11) is 0. The van der Waals surface area contributed by atoms with Crippen LogP contribution in [0.4, 0.5) is 10.2 Å². The normalized spacial score (nSPS) is 12.2. The molecule has 1 aromatic heterocycles. The summed E-state index contributed by atoms with van der Waals surface area (Å²) in [6.07, 6.45) is 2.62. The average molecular weight is 275 g/mol. The van der Waals surface area contributed by atoms with E-state index in [-0.39, 0.29) is 11.8 Å². The zero-order valence-electron chi connectivity index (χ0n) is 11.8. The van der Waals surface area contributed by atoms with Crippen molar-refractivity contribution in [3.8, 4) is 5.75 Å². The van der Waals surface area contributed by atoms with E-state index in [0.29, 0.717) is 5.82 Å². The predicted octanol–water partition coefficient (Wildman–Crippen LogP) is 3.37. The van der Waals surface area contributed by atoms with Crippen molar-refractivity contribution in [1.29, 1.82) is 0 Å². The van der Waals surface area contributed by atoms with E-state index in [1.54, 1.807) is 12.3 Å². The van der Waals surface area contributed by atoms with E-state index in [2.05, 4.69) is 15.3 Å². The van der Waals surface area contributed by atoms with Crippen LogP contribution in [0.25, 0.3) is 0 Å². The number of hydrogen-bond acceptors (Lipinski definition) is 4. The van der Waals surface area contributed by atoms with Gasteiger partial charge >= 0.3 is 0 Å². The zero-order chi connectivity index (χ0) is 14.7. The minimum atomic E-state index is -0.620. The number of phenolic OH excluding ortho intramolecular Hbond substituents is 1.